The van der Waals surface area contributed by atoms with Gasteiger partial charge < -0.3 is 43.7 Å². The number of piperidine rings is 1. The Hall–Kier alpha value is -2.16. The quantitative estimate of drug-likeness (QED) is 0.323. The number of rotatable bonds is 9. The summed E-state index contributed by atoms with van der Waals surface area (Å²) >= 11 is 0. The summed E-state index contributed by atoms with van der Waals surface area (Å²) in [5, 5.41) is 37.3. The number of ether oxygens (including phenoxy) is 6. The van der Waals surface area contributed by atoms with Crippen molar-refractivity contribution in [2.24, 2.45) is 34.5 Å². The van der Waals surface area contributed by atoms with Crippen LogP contribution in [0.25, 0.3) is 0 Å². The lowest BCUT2D eigenvalue weighted by molar-refractivity contribution is -0.322. The number of carbonyl (C=O) groups is 2. The van der Waals surface area contributed by atoms with E-state index >= 15 is 0 Å². The van der Waals surface area contributed by atoms with E-state index in [1.165, 1.54) is 14.0 Å². The Bertz CT molecular complexity index is 1360. The number of hydrogen-bond acceptors (Lipinski definition) is 12. The second-order valence-electron chi connectivity index (χ2n) is 14.4. The van der Waals surface area contributed by atoms with Gasteiger partial charge in [-0.25, -0.2) is 4.79 Å². The molecule has 15 atom stereocenters. The highest BCUT2D eigenvalue weighted by Gasteiger charge is 2.92. The molecule has 12 nitrogen and oxygen atoms in total. The van der Waals surface area contributed by atoms with Crippen LogP contribution in [-0.2, 0) is 33.2 Å². The topological polar surface area (TPSA) is 153 Å². The van der Waals surface area contributed by atoms with Crippen molar-refractivity contribution in [2.75, 3.05) is 48.1 Å². The molecule has 7 rings (SSSR count). The van der Waals surface area contributed by atoms with Crippen molar-refractivity contribution in [3.8, 4) is 0 Å². The maximum Gasteiger partial charge on any atom is 0.338 e. The molecule has 1 spiro atoms. The van der Waals surface area contributed by atoms with Gasteiger partial charge in [-0.15, -0.1) is 0 Å². The highest BCUT2D eigenvalue weighted by atomic mass is 16.6. The number of nitrogens with zero attached hydrogens (tertiary/aromatic N) is 1. The summed E-state index contributed by atoms with van der Waals surface area (Å²) in [6, 6.07) is 8.18. The number of fused-ring (bicyclic) bond motifs is 2. The predicted molar refractivity (Wildman–Crippen MR) is 160 cm³/mol. The fraction of sp³-hybridized carbons (Fsp3) is 0.765. The molecule has 1 heterocycles. The number of aliphatic hydroxyl groups excluding tert-OH is 2. The highest BCUT2D eigenvalue weighted by Crippen LogP contribution is 2.80. The lowest BCUT2D eigenvalue weighted by atomic mass is 9.42. The lowest BCUT2D eigenvalue weighted by Gasteiger charge is -2.70. The molecule has 0 aromatic heterocycles. The maximum atomic E-state index is 13.8. The van der Waals surface area contributed by atoms with E-state index in [2.05, 4.69) is 4.90 Å². The van der Waals surface area contributed by atoms with Crippen LogP contribution in [0.3, 0.4) is 0 Å². The number of likely N-dealkylation sites (tertiary alicyclic amines) is 1. The zero-order valence-corrected chi connectivity index (χ0v) is 27.3. The molecule has 6 aliphatic rings. The summed E-state index contributed by atoms with van der Waals surface area (Å²) in [5.74, 6) is -3.65. The third-order valence-corrected chi connectivity index (χ3v) is 13.2. The van der Waals surface area contributed by atoms with Crippen molar-refractivity contribution in [1.82, 2.24) is 4.90 Å². The molecule has 1 aromatic carbocycles. The average molecular weight is 646 g/mol. The minimum atomic E-state index is -1.83. The van der Waals surface area contributed by atoms with Crippen LogP contribution in [0.15, 0.2) is 30.3 Å². The van der Waals surface area contributed by atoms with E-state index in [1.54, 1.807) is 51.7 Å². The smallest absolute Gasteiger partial charge is 0.338 e. The van der Waals surface area contributed by atoms with Gasteiger partial charge in [0.15, 0.2) is 5.60 Å². The van der Waals surface area contributed by atoms with E-state index < -0.39 is 88.3 Å². The van der Waals surface area contributed by atoms with Gasteiger partial charge in [-0.05, 0) is 31.0 Å². The van der Waals surface area contributed by atoms with E-state index in [-0.39, 0.29) is 25.0 Å². The third kappa shape index (κ3) is 3.62. The molecular weight excluding hydrogens is 598 g/mol. The number of carbonyl (C=O) groups excluding carboxylic acids is 2. The van der Waals surface area contributed by atoms with Gasteiger partial charge in [0.1, 0.15) is 23.9 Å². The fourth-order valence-electron chi connectivity index (χ4n) is 12.3. The first-order valence-corrected chi connectivity index (χ1v) is 16.3. The van der Waals surface area contributed by atoms with Crippen LogP contribution in [0, 0.1) is 34.5 Å². The molecule has 3 N–H and O–H groups in total. The van der Waals surface area contributed by atoms with Gasteiger partial charge in [-0.3, -0.25) is 9.69 Å². The van der Waals surface area contributed by atoms with Crippen LogP contribution in [0.1, 0.15) is 37.0 Å². The Labute approximate surface area is 269 Å². The zero-order chi connectivity index (χ0) is 33.0. The molecule has 0 radical (unpaired) electrons. The molecule has 0 amide bonds. The number of methoxy groups -OCH3 is 4. The van der Waals surface area contributed by atoms with Crippen LogP contribution in [0.2, 0.25) is 0 Å². The Morgan fingerprint density at radius 3 is 2.30 bits per heavy atom. The monoisotopic (exact) mass is 645 g/mol. The lowest BCUT2D eigenvalue weighted by Crippen LogP contribution is -2.81. The minimum Gasteiger partial charge on any atom is -0.455 e. The number of aliphatic hydroxyl groups is 3. The van der Waals surface area contributed by atoms with Gasteiger partial charge in [0, 0.05) is 83.0 Å². The van der Waals surface area contributed by atoms with Crippen molar-refractivity contribution in [1.29, 1.82) is 0 Å². The van der Waals surface area contributed by atoms with E-state index in [1.807, 2.05) is 6.92 Å². The Balaban J connectivity index is 1.53. The molecule has 5 aliphatic carbocycles. The van der Waals surface area contributed by atoms with Gasteiger partial charge in [0.2, 0.25) is 0 Å². The Morgan fingerprint density at radius 2 is 1.72 bits per heavy atom. The summed E-state index contributed by atoms with van der Waals surface area (Å²) in [6.07, 6.45) is -5.49. The molecule has 6 unspecified atom stereocenters. The second kappa shape index (κ2) is 10.9. The minimum absolute atomic E-state index is 0.0791. The molecule has 7 bridgehead atoms. The van der Waals surface area contributed by atoms with Crippen LogP contribution in [0.4, 0.5) is 0 Å². The Morgan fingerprint density at radius 1 is 1.00 bits per heavy atom. The van der Waals surface area contributed by atoms with Gasteiger partial charge in [-0.1, -0.05) is 25.1 Å². The summed E-state index contributed by atoms with van der Waals surface area (Å²) in [4.78, 5) is 29.3. The summed E-state index contributed by atoms with van der Waals surface area (Å²) in [5.41, 5.74) is -4.79. The predicted octanol–water partition coefficient (Wildman–Crippen LogP) is 0.648. The van der Waals surface area contributed by atoms with Crippen molar-refractivity contribution >= 4 is 11.9 Å². The molecule has 1 aliphatic heterocycles. The van der Waals surface area contributed by atoms with Gasteiger partial charge in [0.05, 0.1) is 30.5 Å². The van der Waals surface area contributed by atoms with Crippen molar-refractivity contribution in [3.05, 3.63) is 35.9 Å². The standard InChI is InChI=1S/C34H47NO11/c1-7-35-15-31(16-41-3)20(37)13-21(42-4)33-19-14-32(40)28(45-30(39)18-11-9-8-10-12-18)22(19)34(46-17(2)36,27(38)29(32)44-6)23(26(33)35)24(43-5)25(31)33/h8-12,19-29,37-38,40H,7,13-16H2,1-6H3/t19?,20-,21+,22?,23?,24?,25?,26-,27+,28?,29+,31+,32-,33+,34-/m1/s1. The SMILES string of the molecule is CCN1C[C@@]2(COC)C3C(OC)C4[C@@H]1[C@@]3(C1C[C@@]3(O)C(OC(=O)c5ccccc5)C1[C@]4(OC(C)=O)[C@@H](O)[C@@H]3OC)[C@@H](OC)C[C@H]2O. The third-order valence-electron chi connectivity index (χ3n) is 13.2. The van der Waals surface area contributed by atoms with E-state index in [0.717, 1.165) is 0 Å². The molecular formula is C34H47NO11. The maximum absolute atomic E-state index is 13.8. The van der Waals surface area contributed by atoms with Crippen molar-refractivity contribution in [2.45, 2.75) is 80.6 Å². The molecule has 12 heteroatoms. The van der Waals surface area contributed by atoms with Gasteiger partial charge in [0.25, 0.3) is 0 Å². The Kier molecular flexibility index (Phi) is 7.69. The zero-order valence-electron chi connectivity index (χ0n) is 27.3. The highest BCUT2D eigenvalue weighted by molar-refractivity contribution is 5.89. The summed E-state index contributed by atoms with van der Waals surface area (Å²) in [6.45, 7) is 4.68. The molecule has 46 heavy (non-hydrogen) atoms. The number of hydrogen-bond donors (Lipinski definition) is 3. The van der Waals surface area contributed by atoms with Gasteiger partial charge >= 0.3 is 11.9 Å². The molecule has 1 aromatic rings. The normalized spacial score (nSPS) is 49.9. The van der Waals surface area contributed by atoms with Crippen LogP contribution < -0.4 is 0 Å². The summed E-state index contributed by atoms with van der Waals surface area (Å²) < 4.78 is 37.4. The average Bonchev–Trinajstić information content (AvgIpc) is 3.41. The van der Waals surface area contributed by atoms with Crippen LogP contribution >= 0.6 is 0 Å². The second-order valence-corrected chi connectivity index (χ2v) is 14.4. The van der Waals surface area contributed by atoms with Gasteiger partial charge in [-0.2, -0.15) is 0 Å². The van der Waals surface area contributed by atoms with Crippen molar-refractivity contribution in [3.63, 3.8) is 0 Å². The van der Waals surface area contributed by atoms with Crippen LogP contribution in [0.5, 0.6) is 0 Å². The molecule has 254 valence electrons. The van der Waals surface area contributed by atoms with E-state index in [0.29, 0.717) is 25.1 Å². The molecule has 1 saturated heterocycles. The fourth-order valence-corrected chi connectivity index (χ4v) is 12.3. The molecule has 5 saturated carbocycles. The first-order chi connectivity index (χ1) is 22.0. The largest absolute Gasteiger partial charge is 0.455 e. The van der Waals surface area contributed by atoms with Crippen LogP contribution in [-0.4, -0.2) is 134 Å². The van der Waals surface area contributed by atoms with E-state index in [4.69, 9.17) is 28.4 Å². The number of benzene rings is 1. The first kappa shape index (κ1) is 32.4. The summed E-state index contributed by atoms with van der Waals surface area (Å²) in [7, 11) is 6.27. The van der Waals surface area contributed by atoms with Crippen molar-refractivity contribution < 1.29 is 53.3 Å². The molecule has 6 fully saturated rings. The van der Waals surface area contributed by atoms with E-state index in [9.17, 15) is 24.9 Å². The first-order valence-electron chi connectivity index (χ1n) is 16.3. The number of esters is 2.